The van der Waals surface area contributed by atoms with Gasteiger partial charge in [-0.2, -0.15) is 0 Å². The van der Waals surface area contributed by atoms with Crippen molar-refractivity contribution in [1.29, 1.82) is 0 Å². The second kappa shape index (κ2) is 10.5. The Labute approximate surface area is 172 Å². The maximum Gasteiger partial charge on any atom is 0.234 e. The molecule has 0 spiro atoms. The molecule has 2 aromatic rings. The lowest BCUT2D eigenvalue weighted by atomic mass is 10.2. The van der Waals surface area contributed by atoms with Crippen LogP contribution in [-0.4, -0.2) is 47.5 Å². The number of methoxy groups -OCH3 is 1. The van der Waals surface area contributed by atoms with Crippen LogP contribution in [0.3, 0.4) is 0 Å². The van der Waals surface area contributed by atoms with Crippen molar-refractivity contribution in [1.82, 2.24) is 9.55 Å². The molecule has 0 atom stereocenters. The van der Waals surface area contributed by atoms with E-state index in [-0.39, 0.29) is 5.91 Å². The molecule has 1 aromatic heterocycles. The van der Waals surface area contributed by atoms with E-state index in [2.05, 4.69) is 52.7 Å². The highest BCUT2D eigenvalue weighted by Gasteiger charge is 2.14. The SMILES string of the molecule is CCN(c1ccc(NC(=O)CSc2nc(C)c(C)n2CCOC)cc1)C(C)C. The molecular weight excluding hydrogens is 372 g/mol. The molecule has 0 radical (unpaired) electrons. The Kier molecular flexibility index (Phi) is 8.38. The Morgan fingerprint density at radius 3 is 2.54 bits per heavy atom. The third-order valence-corrected chi connectivity index (χ3v) is 5.70. The van der Waals surface area contributed by atoms with E-state index in [4.69, 9.17) is 4.74 Å². The second-order valence-corrected chi connectivity index (χ2v) is 7.92. The molecule has 1 aromatic carbocycles. The van der Waals surface area contributed by atoms with Gasteiger partial charge in [-0.1, -0.05) is 11.8 Å². The van der Waals surface area contributed by atoms with Crippen molar-refractivity contribution in [3.63, 3.8) is 0 Å². The van der Waals surface area contributed by atoms with Crippen LogP contribution in [-0.2, 0) is 16.1 Å². The largest absolute Gasteiger partial charge is 0.383 e. The van der Waals surface area contributed by atoms with Crippen LogP contribution in [0.4, 0.5) is 11.4 Å². The Morgan fingerprint density at radius 2 is 1.96 bits per heavy atom. The molecule has 0 aliphatic carbocycles. The van der Waals surface area contributed by atoms with E-state index in [0.29, 0.717) is 18.4 Å². The molecule has 6 nitrogen and oxygen atoms in total. The Balaban J connectivity index is 1.95. The average Bonchev–Trinajstić information content (AvgIpc) is 2.93. The molecule has 0 aliphatic rings. The number of ether oxygens (including phenoxy) is 1. The van der Waals surface area contributed by atoms with Crippen molar-refractivity contribution < 1.29 is 9.53 Å². The molecule has 0 aliphatic heterocycles. The van der Waals surface area contributed by atoms with E-state index in [1.165, 1.54) is 11.8 Å². The molecule has 0 saturated carbocycles. The van der Waals surface area contributed by atoms with Crippen molar-refractivity contribution in [3.05, 3.63) is 35.7 Å². The van der Waals surface area contributed by atoms with Gasteiger partial charge in [0.15, 0.2) is 5.16 Å². The van der Waals surface area contributed by atoms with E-state index < -0.39 is 0 Å². The van der Waals surface area contributed by atoms with Crippen LogP contribution in [0.25, 0.3) is 0 Å². The van der Waals surface area contributed by atoms with Gasteiger partial charge in [-0.3, -0.25) is 4.79 Å². The van der Waals surface area contributed by atoms with Crippen LogP contribution in [0.1, 0.15) is 32.2 Å². The van der Waals surface area contributed by atoms with Crippen molar-refractivity contribution in [2.45, 2.75) is 52.4 Å². The lowest BCUT2D eigenvalue weighted by Gasteiger charge is -2.27. The van der Waals surface area contributed by atoms with Crippen LogP contribution in [0.15, 0.2) is 29.4 Å². The first kappa shape index (κ1) is 22.3. The maximum atomic E-state index is 12.4. The number of benzene rings is 1. The first-order chi connectivity index (χ1) is 13.4. The number of imidazole rings is 1. The zero-order valence-corrected chi connectivity index (χ0v) is 18.6. The number of aromatic nitrogens is 2. The average molecular weight is 405 g/mol. The van der Waals surface area contributed by atoms with Crippen LogP contribution in [0, 0.1) is 13.8 Å². The lowest BCUT2D eigenvalue weighted by Crippen LogP contribution is -2.30. The summed E-state index contributed by atoms with van der Waals surface area (Å²) in [7, 11) is 1.69. The minimum absolute atomic E-state index is 0.0365. The first-order valence-electron chi connectivity index (χ1n) is 9.69. The van der Waals surface area contributed by atoms with E-state index in [0.717, 1.165) is 41.0 Å². The Bertz CT molecular complexity index is 771. The predicted octanol–water partition coefficient (Wildman–Crippen LogP) is 4.11. The van der Waals surface area contributed by atoms with Gasteiger partial charge in [0.1, 0.15) is 0 Å². The summed E-state index contributed by atoms with van der Waals surface area (Å²) in [6.45, 7) is 12.8. The molecule has 0 saturated heterocycles. The number of thioether (sulfide) groups is 1. The number of nitrogens with one attached hydrogen (secondary N) is 1. The topological polar surface area (TPSA) is 59.4 Å². The van der Waals surface area contributed by atoms with Crippen molar-refractivity contribution >= 4 is 29.0 Å². The van der Waals surface area contributed by atoms with E-state index in [1.807, 2.05) is 26.0 Å². The lowest BCUT2D eigenvalue weighted by molar-refractivity contribution is -0.113. The van der Waals surface area contributed by atoms with Crippen molar-refractivity contribution in [2.24, 2.45) is 0 Å². The van der Waals surface area contributed by atoms with Crippen LogP contribution in [0.2, 0.25) is 0 Å². The molecule has 28 heavy (non-hydrogen) atoms. The standard InChI is InChI=1S/C21H32N4O2S/c1-7-24(15(2)3)19-10-8-18(9-11-19)23-20(26)14-28-21-22-16(4)17(5)25(21)12-13-27-6/h8-11,15H,7,12-14H2,1-6H3,(H,23,26). The number of rotatable bonds is 10. The first-order valence-corrected chi connectivity index (χ1v) is 10.7. The third-order valence-electron chi connectivity index (χ3n) is 4.72. The van der Waals surface area contributed by atoms with Gasteiger partial charge < -0.3 is 19.5 Å². The highest BCUT2D eigenvalue weighted by Crippen LogP contribution is 2.23. The fraction of sp³-hybridized carbons (Fsp3) is 0.524. The van der Waals surface area contributed by atoms with E-state index >= 15 is 0 Å². The number of carbonyl (C=O) groups is 1. The summed E-state index contributed by atoms with van der Waals surface area (Å²) in [6.07, 6.45) is 0. The molecule has 0 fully saturated rings. The van der Waals surface area contributed by atoms with Crippen molar-refractivity contribution in [2.75, 3.05) is 36.2 Å². The summed E-state index contributed by atoms with van der Waals surface area (Å²) in [6, 6.07) is 8.45. The smallest absolute Gasteiger partial charge is 0.234 e. The number of carbonyl (C=O) groups excluding carboxylic acids is 1. The zero-order valence-electron chi connectivity index (χ0n) is 17.8. The molecule has 154 valence electrons. The molecule has 2 rings (SSSR count). The summed E-state index contributed by atoms with van der Waals surface area (Å²) in [5.41, 5.74) is 4.07. The molecule has 1 amide bonds. The molecule has 7 heteroatoms. The number of anilines is 2. The number of hydrogen-bond donors (Lipinski definition) is 1. The van der Waals surface area contributed by atoms with Gasteiger partial charge >= 0.3 is 0 Å². The van der Waals surface area contributed by atoms with Gasteiger partial charge in [-0.05, 0) is 58.9 Å². The van der Waals surface area contributed by atoms with Crippen LogP contribution >= 0.6 is 11.8 Å². The number of hydrogen-bond acceptors (Lipinski definition) is 5. The normalized spacial score (nSPS) is 11.1. The van der Waals surface area contributed by atoms with Gasteiger partial charge in [-0.15, -0.1) is 0 Å². The monoisotopic (exact) mass is 404 g/mol. The summed E-state index contributed by atoms with van der Waals surface area (Å²) in [4.78, 5) is 19.3. The van der Waals surface area contributed by atoms with Crippen molar-refractivity contribution in [3.8, 4) is 0 Å². The minimum Gasteiger partial charge on any atom is -0.383 e. The Hall–Kier alpha value is -1.99. The van der Waals surface area contributed by atoms with E-state index in [9.17, 15) is 4.79 Å². The molecular formula is C21H32N4O2S. The van der Waals surface area contributed by atoms with Gasteiger partial charge in [-0.25, -0.2) is 4.98 Å². The fourth-order valence-electron chi connectivity index (χ4n) is 3.09. The number of nitrogens with zero attached hydrogens (tertiary/aromatic N) is 3. The van der Waals surface area contributed by atoms with Gasteiger partial charge in [0.05, 0.1) is 18.1 Å². The van der Waals surface area contributed by atoms with Gasteiger partial charge in [0, 0.05) is 43.3 Å². The summed E-state index contributed by atoms with van der Waals surface area (Å²) in [5, 5.41) is 3.82. The van der Waals surface area contributed by atoms with Gasteiger partial charge in [0.2, 0.25) is 5.91 Å². The highest BCUT2D eigenvalue weighted by molar-refractivity contribution is 7.99. The highest BCUT2D eigenvalue weighted by atomic mass is 32.2. The van der Waals surface area contributed by atoms with Crippen LogP contribution in [0.5, 0.6) is 0 Å². The summed E-state index contributed by atoms with van der Waals surface area (Å²) >= 11 is 1.45. The number of amides is 1. The quantitative estimate of drug-likeness (QED) is 0.604. The maximum absolute atomic E-state index is 12.4. The summed E-state index contributed by atoms with van der Waals surface area (Å²) in [5.74, 6) is 0.281. The van der Waals surface area contributed by atoms with E-state index in [1.54, 1.807) is 7.11 Å². The molecule has 0 unspecified atom stereocenters. The fourth-order valence-corrected chi connectivity index (χ4v) is 4.01. The Morgan fingerprint density at radius 1 is 1.29 bits per heavy atom. The molecule has 1 N–H and O–H groups in total. The number of aryl methyl sites for hydroxylation is 1. The second-order valence-electron chi connectivity index (χ2n) is 6.97. The molecule has 0 bridgehead atoms. The third kappa shape index (κ3) is 5.75. The molecule has 1 heterocycles. The summed E-state index contributed by atoms with van der Waals surface area (Å²) < 4.78 is 7.29. The predicted molar refractivity (Wildman–Crippen MR) is 118 cm³/mol. The van der Waals surface area contributed by atoms with Gasteiger partial charge in [0.25, 0.3) is 0 Å². The van der Waals surface area contributed by atoms with Crippen LogP contribution < -0.4 is 10.2 Å². The zero-order chi connectivity index (χ0) is 20.7. The minimum atomic E-state index is -0.0365.